The second kappa shape index (κ2) is 4.55. The molecular formula is C13H10F3N5. The fourth-order valence-corrected chi connectivity index (χ4v) is 2.25. The molecule has 0 aliphatic heterocycles. The maximum absolute atomic E-state index is 13.1. The number of alkyl halides is 3. The highest BCUT2D eigenvalue weighted by atomic mass is 19.4. The zero-order chi connectivity index (χ0) is 15.2. The van der Waals surface area contributed by atoms with Crippen molar-refractivity contribution in [3.63, 3.8) is 0 Å². The van der Waals surface area contributed by atoms with E-state index in [9.17, 15) is 13.2 Å². The molecule has 0 saturated heterocycles. The number of hydrogen-bond donors (Lipinski definition) is 0. The van der Waals surface area contributed by atoms with Crippen molar-refractivity contribution in [2.75, 3.05) is 0 Å². The highest BCUT2D eigenvalue weighted by Crippen LogP contribution is 2.45. The molecule has 0 amide bonds. The number of nitriles is 1. The van der Waals surface area contributed by atoms with Crippen LogP contribution in [0.3, 0.4) is 0 Å². The summed E-state index contributed by atoms with van der Waals surface area (Å²) in [4.78, 5) is 0. The quantitative estimate of drug-likeness (QED) is 0.853. The lowest BCUT2D eigenvalue weighted by molar-refractivity contribution is -0.141. The van der Waals surface area contributed by atoms with Crippen LogP contribution in [-0.4, -0.2) is 20.0 Å². The fourth-order valence-electron chi connectivity index (χ4n) is 2.25. The predicted molar refractivity (Wildman–Crippen MR) is 65.9 cm³/mol. The molecule has 0 aromatic carbocycles. The molecule has 2 aromatic heterocycles. The number of aromatic nitrogens is 4. The van der Waals surface area contributed by atoms with Gasteiger partial charge in [-0.2, -0.15) is 23.5 Å². The number of halogens is 3. The monoisotopic (exact) mass is 293 g/mol. The van der Waals surface area contributed by atoms with Crippen molar-refractivity contribution in [1.82, 2.24) is 20.0 Å². The maximum Gasteiger partial charge on any atom is 0.435 e. The molecule has 0 bridgehead atoms. The van der Waals surface area contributed by atoms with E-state index in [2.05, 4.69) is 15.3 Å². The minimum absolute atomic E-state index is 0.0936. The van der Waals surface area contributed by atoms with E-state index in [1.54, 1.807) is 0 Å². The molecule has 21 heavy (non-hydrogen) atoms. The van der Waals surface area contributed by atoms with Gasteiger partial charge < -0.3 is 0 Å². The van der Waals surface area contributed by atoms with Crippen LogP contribution in [-0.2, 0) is 13.2 Å². The molecular weight excluding hydrogens is 283 g/mol. The van der Waals surface area contributed by atoms with E-state index in [-0.39, 0.29) is 22.9 Å². The van der Waals surface area contributed by atoms with Gasteiger partial charge in [-0.1, -0.05) is 0 Å². The summed E-state index contributed by atoms with van der Waals surface area (Å²) in [6.07, 6.45) is -1.52. The summed E-state index contributed by atoms with van der Waals surface area (Å²) >= 11 is 0. The molecule has 108 valence electrons. The zero-order valence-corrected chi connectivity index (χ0v) is 11.0. The van der Waals surface area contributed by atoms with Crippen molar-refractivity contribution in [2.45, 2.75) is 24.9 Å². The minimum Gasteiger partial charge on any atom is -0.275 e. The standard InChI is InChI=1S/C13H10F3N5/c1-21-6-10(12(20-21)13(14,15)16)11-9(7-2-3-7)4-8(5-17)18-19-11/h4,6-7H,2-3H2,1H3. The van der Waals surface area contributed by atoms with Gasteiger partial charge in [0, 0.05) is 13.2 Å². The first-order valence-electron chi connectivity index (χ1n) is 6.29. The van der Waals surface area contributed by atoms with E-state index < -0.39 is 11.9 Å². The van der Waals surface area contributed by atoms with E-state index in [1.807, 2.05) is 6.07 Å². The molecule has 0 radical (unpaired) electrons. The molecule has 0 spiro atoms. The molecule has 3 rings (SSSR count). The van der Waals surface area contributed by atoms with E-state index in [4.69, 9.17) is 5.26 Å². The van der Waals surface area contributed by atoms with Crippen molar-refractivity contribution >= 4 is 0 Å². The fraction of sp³-hybridized carbons (Fsp3) is 0.385. The van der Waals surface area contributed by atoms with Crippen LogP contribution in [0.15, 0.2) is 12.3 Å². The maximum atomic E-state index is 13.1. The van der Waals surface area contributed by atoms with Crippen LogP contribution < -0.4 is 0 Å². The molecule has 5 nitrogen and oxygen atoms in total. The van der Waals surface area contributed by atoms with Crippen LogP contribution in [0.1, 0.15) is 35.7 Å². The Kier molecular flexibility index (Phi) is 2.93. The van der Waals surface area contributed by atoms with Gasteiger partial charge in [-0.25, -0.2) is 0 Å². The normalized spacial score (nSPS) is 15.0. The summed E-state index contributed by atoms with van der Waals surface area (Å²) in [5, 5.41) is 19.8. The SMILES string of the molecule is Cn1cc(-c2nnc(C#N)cc2C2CC2)c(C(F)(F)F)n1. The summed E-state index contributed by atoms with van der Waals surface area (Å²) in [7, 11) is 1.42. The summed E-state index contributed by atoms with van der Waals surface area (Å²) in [5.74, 6) is 0.142. The third kappa shape index (κ3) is 2.46. The molecule has 2 aromatic rings. The Morgan fingerprint density at radius 2 is 2.05 bits per heavy atom. The minimum atomic E-state index is -4.56. The Bertz CT molecular complexity index is 737. The molecule has 1 saturated carbocycles. The van der Waals surface area contributed by atoms with Crippen LogP contribution in [0.5, 0.6) is 0 Å². The van der Waals surface area contributed by atoms with Gasteiger partial charge in [0.05, 0.1) is 5.56 Å². The topological polar surface area (TPSA) is 67.4 Å². The molecule has 1 aliphatic rings. The Morgan fingerprint density at radius 3 is 2.62 bits per heavy atom. The van der Waals surface area contributed by atoms with Gasteiger partial charge in [0.25, 0.3) is 0 Å². The first kappa shape index (κ1) is 13.5. The number of hydrogen-bond acceptors (Lipinski definition) is 4. The third-order valence-corrected chi connectivity index (χ3v) is 3.31. The van der Waals surface area contributed by atoms with E-state index in [0.29, 0.717) is 5.56 Å². The van der Waals surface area contributed by atoms with Gasteiger partial charge >= 0.3 is 6.18 Å². The van der Waals surface area contributed by atoms with Gasteiger partial charge in [0.2, 0.25) is 0 Å². The summed E-state index contributed by atoms with van der Waals surface area (Å²) in [5.41, 5.74) is -0.162. The van der Waals surface area contributed by atoms with Crippen LogP contribution >= 0.6 is 0 Å². The Balaban J connectivity index is 2.20. The lowest BCUT2D eigenvalue weighted by atomic mass is 10.0. The summed E-state index contributed by atoms with van der Waals surface area (Å²) in [6.45, 7) is 0. The molecule has 1 aliphatic carbocycles. The van der Waals surface area contributed by atoms with Gasteiger partial charge in [0.15, 0.2) is 11.4 Å². The lowest BCUT2D eigenvalue weighted by Gasteiger charge is -2.09. The molecule has 0 unspecified atom stereocenters. The molecule has 8 heteroatoms. The first-order valence-corrected chi connectivity index (χ1v) is 6.29. The number of aryl methyl sites for hydroxylation is 1. The largest absolute Gasteiger partial charge is 0.435 e. The molecule has 2 heterocycles. The van der Waals surface area contributed by atoms with Crippen LogP contribution in [0.2, 0.25) is 0 Å². The lowest BCUT2D eigenvalue weighted by Crippen LogP contribution is -2.09. The first-order chi connectivity index (χ1) is 9.90. The molecule has 0 atom stereocenters. The highest BCUT2D eigenvalue weighted by molar-refractivity contribution is 5.67. The third-order valence-electron chi connectivity index (χ3n) is 3.31. The smallest absolute Gasteiger partial charge is 0.275 e. The second-order valence-corrected chi connectivity index (χ2v) is 4.98. The van der Waals surface area contributed by atoms with Crippen molar-refractivity contribution in [3.05, 3.63) is 29.2 Å². The van der Waals surface area contributed by atoms with Crippen molar-refractivity contribution < 1.29 is 13.2 Å². The highest BCUT2D eigenvalue weighted by Gasteiger charge is 2.39. The number of rotatable bonds is 2. The average molecular weight is 293 g/mol. The van der Waals surface area contributed by atoms with Gasteiger partial charge in [-0.3, -0.25) is 4.68 Å². The van der Waals surface area contributed by atoms with Crippen LogP contribution in [0.25, 0.3) is 11.3 Å². The Hall–Kier alpha value is -2.43. The second-order valence-electron chi connectivity index (χ2n) is 4.98. The van der Waals surface area contributed by atoms with E-state index in [1.165, 1.54) is 19.3 Å². The van der Waals surface area contributed by atoms with E-state index >= 15 is 0 Å². The van der Waals surface area contributed by atoms with Gasteiger partial charge in [-0.15, -0.1) is 10.2 Å². The summed E-state index contributed by atoms with van der Waals surface area (Å²) in [6, 6.07) is 3.38. The predicted octanol–water partition coefficient (Wildman–Crippen LogP) is 2.64. The van der Waals surface area contributed by atoms with Gasteiger partial charge in [-0.05, 0) is 30.4 Å². The van der Waals surface area contributed by atoms with Gasteiger partial charge in [0.1, 0.15) is 11.8 Å². The Morgan fingerprint density at radius 1 is 1.33 bits per heavy atom. The van der Waals surface area contributed by atoms with Crippen molar-refractivity contribution in [1.29, 1.82) is 5.26 Å². The van der Waals surface area contributed by atoms with Crippen LogP contribution in [0, 0.1) is 11.3 Å². The Labute approximate surface area is 118 Å². The number of nitrogens with zero attached hydrogens (tertiary/aromatic N) is 5. The van der Waals surface area contributed by atoms with E-state index in [0.717, 1.165) is 17.5 Å². The van der Waals surface area contributed by atoms with Crippen molar-refractivity contribution in [2.24, 2.45) is 7.05 Å². The summed E-state index contributed by atoms with van der Waals surface area (Å²) < 4.78 is 40.3. The average Bonchev–Trinajstić information content (AvgIpc) is 3.19. The molecule has 1 fully saturated rings. The zero-order valence-electron chi connectivity index (χ0n) is 11.0. The van der Waals surface area contributed by atoms with Crippen molar-refractivity contribution in [3.8, 4) is 17.3 Å². The van der Waals surface area contributed by atoms with Crippen LogP contribution in [0.4, 0.5) is 13.2 Å². The molecule has 0 N–H and O–H groups in total.